The van der Waals surface area contributed by atoms with E-state index in [1.165, 1.54) is 0 Å². The summed E-state index contributed by atoms with van der Waals surface area (Å²) >= 11 is 0. The van der Waals surface area contributed by atoms with Gasteiger partial charge in [0.05, 0.1) is 12.2 Å². The van der Waals surface area contributed by atoms with Crippen LogP contribution in [0.4, 0.5) is 0 Å². The molecule has 0 radical (unpaired) electrons. The fourth-order valence-electron chi connectivity index (χ4n) is 2.94. The Kier molecular flexibility index (Phi) is 5.51. The third-order valence-corrected chi connectivity index (χ3v) is 4.56. The van der Waals surface area contributed by atoms with Crippen LogP contribution < -0.4 is 4.74 Å². The lowest BCUT2D eigenvalue weighted by atomic mass is 10.2. The molecule has 0 N–H and O–H groups in total. The second kappa shape index (κ2) is 7.82. The van der Waals surface area contributed by atoms with E-state index >= 15 is 0 Å². The summed E-state index contributed by atoms with van der Waals surface area (Å²) in [5.41, 5.74) is 0.510. The molecule has 1 aliphatic heterocycles. The van der Waals surface area contributed by atoms with E-state index in [9.17, 15) is 4.79 Å². The Bertz CT molecular complexity index is 763. The summed E-state index contributed by atoms with van der Waals surface area (Å²) in [6.07, 6.45) is 3.02. The molecular weight excluding hydrogens is 336 g/mol. The van der Waals surface area contributed by atoms with E-state index in [1.807, 2.05) is 13.8 Å². The van der Waals surface area contributed by atoms with Gasteiger partial charge in [-0.15, -0.1) is 10.2 Å². The summed E-state index contributed by atoms with van der Waals surface area (Å²) < 4.78 is 16.7. The number of likely N-dealkylation sites (tertiary alicyclic amines) is 1. The van der Waals surface area contributed by atoms with Crippen molar-refractivity contribution in [3.63, 3.8) is 0 Å². The number of aromatic nitrogens is 3. The number of hydrogen-bond donors (Lipinski definition) is 0. The summed E-state index contributed by atoms with van der Waals surface area (Å²) in [5.74, 6) is 1.21. The van der Waals surface area contributed by atoms with Gasteiger partial charge in [0.1, 0.15) is 6.04 Å². The molecule has 1 saturated heterocycles. The molecule has 1 fully saturated rings. The predicted molar refractivity (Wildman–Crippen MR) is 92.8 cm³/mol. The molecule has 26 heavy (non-hydrogen) atoms. The Morgan fingerprint density at radius 1 is 1.46 bits per heavy atom. The number of pyridine rings is 1. The van der Waals surface area contributed by atoms with Crippen LogP contribution in [0.3, 0.4) is 0 Å². The van der Waals surface area contributed by atoms with Gasteiger partial charge in [0.15, 0.2) is 0 Å². The van der Waals surface area contributed by atoms with Gasteiger partial charge in [0.25, 0.3) is 5.91 Å². The van der Waals surface area contributed by atoms with Crippen LogP contribution in [0, 0.1) is 6.92 Å². The molecule has 1 unspecified atom stereocenters. The number of methoxy groups -OCH3 is 1. The number of nitrogens with zero attached hydrogens (tertiary/aromatic N) is 4. The average molecular weight is 360 g/mol. The Morgan fingerprint density at radius 3 is 2.92 bits per heavy atom. The summed E-state index contributed by atoms with van der Waals surface area (Å²) in [7, 11) is 1.64. The second-order valence-electron chi connectivity index (χ2n) is 6.45. The minimum absolute atomic E-state index is 0.0339. The van der Waals surface area contributed by atoms with E-state index in [0.717, 1.165) is 6.42 Å². The van der Waals surface area contributed by atoms with Gasteiger partial charge in [-0.05, 0) is 19.4 Å². The molecule has 2 aromatic heterocycles. The average Bonchev–Trinajstić information content (AvgIpc) is 3.27. The quantitative estimate of drug-likeness (QED) is 0.782. The van der Waals surface area contributed by atoms with Crippen molar-refractivity contribution in [1.29, 1.82) is 0 Å². The standard InChI is InChI=1S/C18H24N4O4/c1-5-11(2)25-16-8-13(6-7-19-16)18(23)22-10-14(24-4)9-15(22)17-21-20-12(3)26-17/h6-8,11,14-15H,5,9-10H2,1-4H3/t11?,14-,15-/m1/s1. The lowest BCUT2D eigenvalue weighted by Gasteiger charge is -2.22. The first kappa shape index (κ1) is 18.3. The Balaban J connectivity index is 1.83. The number of carbonyl (C=O) groups excluding carboxylic acids is 1. The summed E-state index contributed by atoms with van der Waals surface area (Å²) in [5, 5.41) is 7.97. The molecule has 0 aliphatic carbocycles. The van der Waals surface area contributed by atoms with Gasteiger partial charge in [-0.3, -0.25) is 4.79 Å². The molecule has 0 saturated carbocycles. The van der Waals surface area contributed by atoms with Crippen LogP contribution in [0.2, 0.25) is 0 Å². The molecule has 8 nitrogen and oxygen atoms in total. The number of amides is 1. The smallest absolute Gasteiger partial charge is 0.254 e. The number of aryl methyl sites for hydroxylation is 1. The molecule has 0 bridgehead atoms. The lowest BCUT2D eigenvalue weighted by molar-refractivity contribution is 0.0673. The molecule has 0 spiro atoms. The fraction of sp³-hybridized carbons (Fsp3) is 0.556. The lowest BCUT2D eigenvalue weighted by Crippen LogP contribution is -2.32. The molecule has 140 valence electrons. The maximum Gasteiger partial charge on any atom is 0.254 e. The maximum atomic E-state index is 13.1. The zero-order chi connectivity index (χ0) is 18.7. The van der Waals surface area contributed by atoms with Crippen LogP contribution in [0.1, 0.15) is 54.9 Å². The Labute approximate surface area is 152 Å². The monoisotopic (exact) mass is 360 g/mol. The van der Waals surface area contributed by atoms with E-state index in [0.29, 0.717) is 36.2 Å². The number of ether oxygens (including phenoxy) is 2. The van der Waals surface area contributed by atoms with Crippen LogP contribution in [0.15, 0.2) is 22.7 Å². The van der Waals surface area contributed by atoms with E-state index in [2.05, 4.69) is 15.2 Å². The van der Waals surface area contributed by atoms with Crippen molar-refractivity contribution in [1.82, 2.24) is 20.1 Å². The molecule has 8 heteroatoms. The van der Waals surface area contributed by atoms with Gasteiger partial charge in [0.2, 0.25) is 17.7 Å². The number of hydrogen-bond acceptors (Lipinski definition) is 7. The largest absolute Gasteiger partial charge is 0.475 e. The van der Waals surface area contributed by atoms with E-state index in [-0.39, 0.29) is 24.2 Å². The normalized spacial score (nSPS) is 21.0. The molecule has 3 rings (SSSR count). The molecule has 1 amide bonds. The SMILES string of the molecule is CCC(C)Oc1cc(C(=O)N2C[C@H](OC)C[C@@H]2c2nnc(C)o2)ccn1. The van der Waals surface area contributed by atoms with E-state index in [4.69, 9.17) is 13.9 Å². The zero-order valence-electron chi connectivity index (χ0n) is 15.5. The van der Waals surface area contributed by atoms with Gasteiger partial charge in [-0.2, -0.15) is 0 Å². The first-order valence-electron chi connectivity index (χ1n) is 8.78. The number of carbonyl (C=O) groups is 1. The Morgan fingerprint density at radius 2 is 2.27 bits per heavy atom. The molecule has 3 heterocycles. The molecule has 1 aliphatic rings. The van der Waals surface area contributed by atoms with Gasteiger partial charge in [-0.25, -0.2) is 4.98 Å². The third-order valence-electron chi connectivity index (χ3n) is 4.56. The van der Waals surface area contributed by atoms with Crippen LogP contribution in [0.25, 0.3) is 0 Å². The third kappa shape index (κ3) is 3.85. The molecular formula is C18H24N4O4. The highest BCUT2D eigenvalue weighted by atomic mass is 16.5. The highest BCUT2D eigenvalue weighted by molar-refractivity contribution is 5.94. The van der Waals surface area contributed by atoms with E-state index in [1.54, 1.807) is 37.3 Å². The van der Waals surface area contributed by atoms with Gasteiger partial charge < -0.3 is 18.8 Å². The van der Waals surface area contributed by atoms with Gasteiger partial charge in [-0.1, -0.05) is 6.92 Å². The summed E-state index contributed by atoms with van der Waals surface area (Å²) in [4.78, 5) is 19.0. The first-order chi connectivity index (χ1) is 12.5. The molecule has 0 aromatic carbocycles. The van der Waals surface area contributed by atoms with Crippen molar-refractivity contribution >= 4 is 5.91 Å². The number of rotatable bonds is 6. The van der Waals surface area contributed by atoms with Gasteiger partial charge in [0, 0.05) is 44.8 Å². The maximum absolute atomic E-state index is 13.1. The second-order valence-corrected chi connectivity index (χ2v) is 6.45. The predicted octanol–water partition coefficient (Wildman–Crippen LogP) is 2.55. The van der Waals surface area contributed by atoms with Crippen molar-refractivity contribution in [2.75, 3.05) is 13.7 Å². The van der Waals surface area contributed by atoms with Gasteiger partial charge >= 0.3 is 0 Å². The zero-order valence-corrected chi connectivity index (χ0v) is 15.5. The van der Waals surface area contributed by atoms with Crippen LogP contribution in [-0.4, -0.2) is 51.9 Å². The summed E-state index contributed by atoms with van der Waals surface area (Å²) in [6.45, 7) is 6.19. The minimum Gasteiger partial charge on any atom is -0.475 e. The van der Waals surface area contributed by atoms with Crippen molar-refractivity contribution in [3.8, 4) is 5.88 Å². The van der Waals surface area contributed by atoms with E-state index < -0.39 is 0 Å². The van der Waals surface area contributed by atoms with Crippen LogP contribution in [0.5, 0.6) is 5.88 Å². The van der Waals surface area contributed by atoms with Crippen molar-refractivity contribution < 1.29 is 18.7 Å². The van der Waals surface area contributed by atoms with Crippen LogP contribution >= 0.6 is 0 Å². The first-order valence-corrected chi connectivity index (χ1v) is 8.78. The summed E-state index contributed by atoms with van der Waals surface area (Å²) in [6, 6.07) is 3.05. The minimum atomic E-state index is -0.305. The Hall–Kier alpha value is -2.48. The fourth-order valence-corrected chi connectivity index (χ4v) is 2.94. The highest BCUT2D eigenvalue weighted by Gasteiger charge is 2.39. The highest BCUT2D eigenvalue weighted by Crippen LogP contribution is 2.34. The molecule has 3 atom stereocenters. The van der Waals surface area contributed by atoms with Crippen LogP contribution in [-0.2, 0) is 4.74 Å². The molecule has 2 aromatic rings. The van der Waals surface area contributed by atoms with Crippen molar-refractivity contribution in [3.05, 3.63) is 35.7 Å². The van der Waals surface area contributed by atoms with Crippen molar-refractivity contribution in [2.24, 2.45) is 0 Å². The van der Waals surface area contributed by atoms with Crippen molar-refractivity contribution in [2.45, 2.75) is 51.9 Å². The topological polar surface area (TPSA) is 90.6 Å².